The molecule has 3 nitrogen and oxygen atoms in total. The Hall–Kier alpha value is -1.90. The fourth-order valence-electron chi connectivity index (χ4n) is 1.73. The molecule has 0 fully saturated rings. The Balaban J connectivity index is 2.10. The highest BCUT2D eigenvalue weighted by molar-refractivity contribution is 5.53. The minimum absolute atomic E-state index is 0.0705. The summed E-state index contributed by atoms with van der Waals surface area (Å²) in [5.74, 6) is 0. The maximum Gasteiger partial charge on any atom is 0.0567 e. The fraction of sp³-hybridized carbons (Fsp3) is 0.231. The van der Waals surface area contributed by atoms with Crippen molar-refractivity contribution in [3.63, 3.8) is 0 Å². The van der Waals surface area contributed by atoms with Gasteiger partial charge in [0.1, 0.15) is 0 Å². The average molecular weight is 215 g/mol. The van der Waals surface area contributed by atoms with Crippen molar-refractivity contribution < 1.29 is 0 Å². The van der Waals surface area contributed by atoms with Gasteiger partial charge in [-0.2, -0.15) is 0 Å². The number of benzene rings is 1. The van der Waals surface area contributed by atoms with Crippen molar-refractivity contribution in [2.75, 3.05) is 11.1 Å². The lowest BCUT2D eigenvalue weighted by Gasteiger charge is -2.30. The molecule has 3 heteroatoms. The first-order chi connectivity index (χ1) is 7.57. The van der Waals surface area contributed by atoms with E-state index in [0.717, 1.165) is 23.5 Å². The van der Waals surface area contributed by atoms with E-state index >= 15 is 0 Å². The van der Waals surface area contributed by atoms with Crippen LogP contribution in [0.15, 0.2) is 48.2 Å². The minimum Gasteiger partial charge on any atom is -0.399 e. The van der Waals surface area contributed by atoms with Crippen molar-refractivity contribution in [3.05, 3.63) is 48.2 Å². The maximum atomic E-state index is 5.70. The van der Waals surface area contributed by atoms with Gasteiger partial charge in [-0.15, -0.1) is 0 Å². The van der Waals surface area contributed by atoms with Crippen LogP contribution in [0.2, 0.25) is 0 Å². The van der Waals surface area contributed by atoms with Crippen LogP contribution in [0.25, 0.3) is 0 Å². The van der Waals surface area contributed by atoms with E-state index in [2.05, 4.69) is 18.3 Å². The van der Waals surface area contributed by atoms with Gasteiger partial charge in [-0.25, -0.2) is 0 Å². The molecule has 0 aromatic heterocycles. The summed E-state index contributed by atoms with van der Waals surface area (Å²) >= 11 is 0. The Labute approximate surface area is 95.8 Å². The number of anilines is 2. The Kier molecular flexibility index (Phi) is 2.60. The van der Waals surface area contributed by atoms with E-state index in [0.29, 0.717) is 0 Å². The van der Waals surface area contributed by atoms with Crippen LogP contribution < -0.4 is 16.8 Å². The van der Waals surface area contributed by atoms with Crippen molar-refractivity contribution in [1.29, 1.82) is 0 Å². The highest BCUT2D eigenvalue weighted by atomic mass is 15.0. The molecule has 1 aliphatic carbocycles. The molecule has 1 aromatic carbocycles. The first kappa shape index (κ1) is 10.6. The smallest absolute Gasteiger partial charge is 0.0567 e. The molecule has 16 heavy (non-hydrogen) atoms. The van der Waals surface area contributed by atoms with Crippen molar-refractivity contribution in [2.24, 2.45) is 5.73 Å². The van der Waals surface area contributed by atoms with Crippen LogP contribution >= 0.6 is 0 Å². The lowest BCUT2D eigenvalue weighted by Crippen LogP contribution is -2.33. The van der Waals surface area contributed by atoms with Crippen molar-refractivity contribution in [2.45, 2.75) is 18.9 Å². The van der Waals surface area contributed by atoms with E-state index in [1.165, 1.54) is 0 Å². The zero-order valence-electron chi connectivity index (χ0n) is 9.40. The lowest BCUT2D eigenvalue weighted by molar-refractivity contribution is 0.636. The van der Waals surface area contributed by atoms with E-state index in [9.17, 15) is 0 Å². The number of allylic oxidation sites excluding steroid dienone is 1. The van der Waals surface area contributed by atoms with E-state index in [4.69, 9.17) is 11.5 Å². The number of hydrogen-bond donors (Lipinski definition) is 3. The van der Waals surface area contributed by atoms with Gasteiger partial charge in [-0.1, -0.05) is 12.2 Å². The highest BCUT2D eigenvalue weighted by Gasteiger charge is 2.21. The third-order valence-electron chi connectivity index (χ3n) is 2.75. The Morgan fingerprint density at radius 2 is 1.88 bits per heavy atom. The van der Waals surface area contributed by atoms with Crippen LogP contribution in [0.1, 0.15) is 13.3 Å². The molecular formula is C13H17N3. The SMILES string of the molecule is CC1(Nc2ccc(N)cc2)C=CC(N)=CC1. The number of nitrogens with two attached hydrogens (primary N) is 2. The Morgan fingerprint density at radius 3 is 2.44 bits per heavy atom. The van der Waals surface area contributed by atoms with Crippen LogP contribution in [0.4, 0.5) is 11.4 Å². The van der Waals surface area contributed by atoms with Gasteiger partial charge in [0.25, 0.3) is 0 Å². The van der Waals surface area contributed by atoms with Crippen molar-refractivity contribution in [3.8, 4) is 0 Å². The van der Waals surface area contributed by atoms with Crippen LogP contribution in [0.5, 0.6) is 0 Å². The fourth-order valence-corrected chi connectivity index (χ4v) is 1.73. The topological polar surface area (TPSA) is 64.1 Å². The van der Waals surface area contributed by atoms with Gasteiger partial charge in [0, 0.05) is 17.1 Å². The van der Waals surface area contributed by atoms with E-state index in [-0.39, 0.29) is 5.54 Å². The molecule has 2 rings (SSSR count). The summed E-state index contributed by atoms with van der Waals surface area (Å²) in [7, 11) is 0. The molecule has 0 heterocycles. The number of hydrogen-bond acceptors (Lipinski definition) is 3. The molecule has 0 spiro atoms. The summed E-state index contributed by atoms with van der Waals surface area (Å²) < 4.78 is 0. The molecule has 1 aromatic rings. The second kappa shape index (κ2) is 3.93. The van der Waals surface area contributed by atoms with Crippen molar-refractivity contribution >= 4 is 11.4 Å². The molecular weight excluding hydrogens is 198 g/mol. The van der Waals surface area contributed by atoms with Crippen molar-refractivity contribution in [1.82, 2.24) is 0 Å². The quantitative estimate of drug-likeness (QED) is 0.663. The number of nitrogen functional groups attached to an aromatic ring is 1. The van der Waals surface area contributed by atoms with Gasteiger partial charge in [0.15, 0.2) is 0 Å². The molecule has 0 aliphatic heterocycles. The van der Waals surface area contributed by atoms with Crippen LogP contribution in [-0.2, 0) is 0 Å². The summed E-state index contributed by atoms with van der Waals surface area (Å²) in [5, 5.41) is 3.46. The van der Waals surface area contributed by atoms with Gasteiger partial charge in [0.05, 0.1) is 5.54 Å². The van der Waals surface area contributed by atoms with Crippen LogP contribution in [-0.4, -0.2) is 5.54 Å². The Morgan fingerprint density at radius 1 is 1.19 bits per heavy atom. The summed E-state index contributed by atoms with van der Waals surface area (Å²) in [5.41, 5.74) is 13.9. The second-order valence-electron chi connectivity index (χ2n) is 4.41. The minimum atomic E-state index is -0.0705. The van der Waals surface area contributed by atoms with Gasteiger partial charge in [-0.05, 0) is 43.7 Å². The molecule has 0 saturated heterocycles. The molecule has 0 amide bonds. The van der Waals surface area contributed by atoms with Gasteiger partial charge in [0.2, 0.25) is 0 Å². The third kappa shape index (κ3) is 2.37. The predicted molar refractivity (Wildman–Crippen MR) is 68.9 cm³/mol. The van der Waals surface area contributed by atoms with Crippen LogP contribution in [0, 0.1) is 0 Å². The third-order valence-corrected chi connectivity index (χ3v) is 2.75. The van der Waals surface area contributed by atoms with E-state index in [1.54, 1.807) is 0 Å². The zero-order valence-corrected chi connectivity index (χ0v) is 9.40. The monoisotopic (exact) mass is 215 g/mol. The zero-order chi connectivity index (χ0) is 11.6. The molecule has 0 saturated carbocycles. The lowest BCUT2D eigenvalue weighted by atomic mass is 9.92. The number of nitrogens with one attached hydrogen (secondary N) is 1. The Bertz CT molecular complexity index is 431. The molecule has 0 radical (unpaired) electrons. The summed E-state index contributed by atoms with van der Waals surface area (Å²) in [6.45, 7) is 2.14. The predicted octanol–water partition coefficient (Wildman–Crippen LogP) is 2.24. The van der Waals surface area contributed by atoms with E-state index < -0.39 is 0 Å². The maximum absolute atomic E-state index is 5.70. The summed E-state index contributed by atoms with van der Waals surface area (Å²) in [4.78, 5) is 0. The van der Waals surface area contributed by atoms with Gasteiger partial charge >= 0.3 is 0 Å². The molecule has 1 atom stereocenters. The first-order valence-corrected chi connectivity index (χ1v) is 5.36. The summed E-state index contributed by atoms with van der Waals surface area (Å²) in [6, 6.07) is 7.75. The summed E-state index contributed by atoms with van der Waals surface area (Å²) in [6.07, 6.45) is 6.95. The molecule has 5 N–H and O–H groups in total. The first-order valence-electron chi connectivity index (χ1n) is 5.36. The van der Waals surface area contributed by atoms with Gasteiger partial charge < -0.3 is 16.8 Å². The number of rotatable bonds is 2. The molecule has 1 unspecified atom stereocenters. The van der Waals surface area contributed by atoms with Crippen LogP contribution in [0.3, 0.4) is 0 Å². The largest absolute Gasteiger partial charge is 0.399 e. The van der Waals surface area contributed by atoms with Gasteiger partial charge in [-0.3, -0.25) is 0 Å². The molecule has 0 bridgehead atoms. The second-order valence-corrected chi connectivity index (χ2v) is 4.41. The average Bonchev–Trinajstić information content (AvgIpc) is 2.27. The molecule has 1 aliphatic rings. The standard InChI is InChI=1S/C13H17N3/c1-13(8-6-11(15)7-9-13)16-12-4-2-10(14)3-5-12/h2-8,16H,9,14-15H2,1H3. The van der Waals surface area contributed by atoms with E-state index in [1.807, 2.05) is 36.4 Å². The highest BCUT2D eigenvalue weighted by Crippen LogP contribution is 2.24. The normalized spacial score (nSPS) is 23.9. The molecule has 84 valence electrons.